The third-order valence-corrected chi connectivity index (χ3v) is 3.64. The molecular formula is C17H17N3O3. The average Bonchev–Trinajstić information content (AvgIpc) is 3.03. The van der Waals surface area contributed by atoms with Crippen LogP contribution in [0.5, 0.6) is 0 Å². The van der Waals surface area contributed by atoms with Crippen LogP contribution in [-0.2, 0) is 29.2 Å². The number of ether oxygens (including phenoxy) is 1. The van der Waals surface area contributed by atoms with Crippen molar-refractivity contribution >= 4 is 12.0 Å². The lowest BCUT2D eigenvalue weighted by Crippen LogP contribution is -2.37. The number of nitrogens with one attached hydrogen (secondary N) is 1. The summed E-state index contributed by atoms with van der Waals surface area (Å²) in [5.74, 6) is -0.153. The van der Waals surface area contributed by atoms with Gasteiger partial charge in [-0.2, -0.15) is 0 Å². The van der Waals surface area contributed by atoms with E-state index in [-0.39, 0.29) is 19.1 Å². The molecule has 6 nitrogen and oxygen atoms in total. The Kier molecular flexibility index (Phi) is 4.52. The molecule has 1 N–H and O–H groups in total. The van der Waals surface area contributed by atoms with Crippen molar-refractivity contribution in [3.8, 4) is 0 Å². The van der Waals surface area contributed by atoms with Crippen molar-refractivity contribution < 1.29 is 14.3 Å². The van der Waals surface area contributed by atoms with Crippen molar-refractivity contribution in [3.63, 3.8) is 0 Å². The summed E-state index contributed by atoms with van der Waals surface area (Å²) in [7, 11) is 0. The van der Waals surface area contributed by atoms with Gasteiger partial charge < -0.3 is 15.0 Å². The summed E-state index contributed by atoms with van der Waals surface area (Å²) in [5, 5.41) is 2.48. The van der Waals surface area contributed by atoms with E-state index in [1.807, 2.05) is 42.5 Å². The Morgan fingerprint density at radius 3 is 2.74 bits per heavy atom. The second-order valence-electron chi connectivity index (χ2n) is 5.27. The van der Waals surface area contributed by atoms with Gasteiger partial charge in [0.05, 0.1) is 12.2 Å². The van der Waals surface area contributed by atoms with Gasteiger partial charge in [0, 0.05) is 12.7 Å². The van der Waals surface area contributed by atoms with Crippen molar-refractivity contribution in [2.75, 3.05) is 6.54 Å². The van der Waals surface area contributed by atoms with Gasteiger partial charge in [0.2, 0.25) is 5.91 Å². The van der Waals surface area contributed by atoms with Gasteiger partial charge in [0.25, 0.3) is 0 Å². The first-order chi connectivity index (χ1) is 11.2. The fourth-order valence-corrected chi connectivity index (χ4v) is 2.41. The van der Waals surface area contributed by atoms with Crippen LogP contribution in [0, 0.1) is 0 Å². The zero-order valence-corrected chi connectivity index (χ0v) is 12.6. The van der Waals surface area contributed by atoms with Crippen molar-refractivity contribution in [1.29, 1.82) is 0 Å². The standard InChI is InChI=1S/C17H17N3O3/c21-16(20-10-14-7-4-8-18-15(14)11-20)9-19-17(22)23-12-13-5-2-1-3-6-13/h1-8H,9-12H2,(H,19,22). The van der Waals surface area contributed by atoms with Crippen LogP contribution in [-0.4, -0.2) is 28.4 Å². The molecule has 1 aliphatic heterocycles. The molecule has 0 radical (unpaired) electrons. The van der Waals surface area contributed by atoms with Gasteiger partial charge in [0.15, 0.2) is 0 Å². The predicted molar refractivity (Wildman–Crippen MR) is 83.1 cm³/mol. The quantitative estimate of drug-likeness (QED) is 0.935. The maximum atomic E-state index is 12.1. The zero-order valence-electron chi connectivity index (χ0n) is 12.6. The molecule has 0 fully saturated rings. The van der Waals surface area contributed by atoms with Crippen LogP contribution in [0.15, 0.2) is 48.7 Å². The Hall–Kier alpha value is -2.89. The maximum absolute atomic E-state index is 12.1. The number of aromatic nitrogens is 1. The number of hydrogen-bond acceptors (Lipinski definition) is 4. The lowest BCUT2D eigenvalue weighted by molar-refractivity contribution is -0.130. The van der Waals surface area contributed by atoms with E-state index < -0.39 is 6.09 Å². The molecule has 2 aromatic rings. The monoisotopic (exact) mass is 311 g/mol. The van der Waals surface area contributed by atoms with Gasteiger partial charge in [-0.3, -0.25) is 9.78 Å². The van der Waals surface area contributed by atoms with E-state index in [9.17, 15) is 9.59 Å². The number of fused-ring (bicyclic) bond motifs is 1. The van der Waals surface area contributed by atoms with Crippen LogP contribution in [0.1, 0.15) is 16.8 Å². The fraction of sp³-hybridized carbons (Fsp3) is 0.235. The largest absolute Gasteiger partial charge is 0.445 e. The molecule has 0 bridgehead atoms. The molecule has 2 heterocycles. The van der Waals surface area contributed by atoms with Crippen LogP contribution in [0.2, 0.25) is 0 Å². The first kappa shape index (κ1) is 15.0. The summed E-state index contributed by atoms with van der Waals surface area (Å²) in [6.45, 7) is 1.11. The molecule has 0 atom stereocenters. The predicted octanol–water partition coefficient (Wildman–Crippen LogP) is 1.85. The Bertz CT molecular complexity index is 678. The summed E-state index contributed by atoms with van der Waals surface area (Å²) < 4.78 is 5.07. The van der Waals surface area contributed by atoms with E-state index in [2.05, 4.69) is 10.3 Å². The molecule has 1 aliphatic rings. The van der Waals surface area contributed by atoms with Gasteiger partial charge in [-0.05, 0) is 17.2 Å². The first-order valence-corrected chi connectivity index (χ1v) is 7.37. The SMILES string of the molecule is O=C(NCC(=O)N1Cc2cccnc2C1)OCc1ccccc1. The molecule has 118 valence electrons. The van der Waals surface area contributed by atoms with Crippen molar-refractivity contribution in [1.82, 2.24) is 15.2 Å². The van der Waals surface area contributed by atoms with Crippen LogP contribution < -0.4 is 5.32 Å². The van der Waals surface area contributed by atoms with E-state index in [4.69, 9.17) is 4.74 Å². The number of rotatable bonds is 4. The zero-order chi connectivity index (χ0) is 16.1. The normalized spacial score (nSPS) is 12.6. The highest BCUT2D eigenvalue weighted by Gasteiger charge is 2.24. The molecular weight excluding hydrogens is 294 g/mol. The molecule has 23 heavy (non-hydrogen) atoms. The summed E-state index contributed by atoms with van der Waals surface area (Å²) >= 11 is 0. The number of carbonyl (C=O) groups is 2. The van der Waals surface area contributed by atoms with Gasteiger partial charge >= 0.3 is 6.09 Å². The minimum Gasteiger partial charge on any atom is -0.445 e. The summed E-state index contributed by atoms with van der Waals surface area (Å²) in [6, 6.07) is 13.2. The van der Waals surface area contributed by atoms with Gasteiger partial charge in [-0.25, -0.2) is 4.79 Å². The molecule has 0 saturated heterocycles. The molecule has 0 aliphatic carbocycles. The molecule has 1 aromatic heterocycles. The first-order valence-electron chi connectivity index (χ1n) is 7.37. The molecule has 0 saturated carbocycles. The molecule has 1 aromatic carbocycles. The molecule has 0 unspecified atom stereocenters. The molecule has 6 heteroatoms. The van der Waals surface area contributed by atoms with Crippen molar-refractivity contribution in [2.24, 2.45) is 0 Å². The van der Waals surface area contributed by atoms with E-state index in [0.717, 1.165) is 16.8 Å². The fourth-order valence-electron chi connectivity index (χ4n) is 2.41. The lowest BCUT2D eigenvalue weighted by Gasteiger charge is -2.15. The highest BCUT2D eigenvalue weighted by molar-refractivity contribution is 5.82. The van der Waals surface area contributed by atoms with E-state index in [0.29, 0.717) is 13.1 Å². The third-order valence-electron chi connectivity index (χ3n) is 3.64. The van der Waals surface area contributed by atoms with Gasteiger partial charge in [0.1, 0.15) is 13.2 Å². The highest BCUT2D eigenvalue weighted by Crippen LogP contribution is 2.19. The Morgan fingerprint density at radius 1 is 1.13 bits per heavy atom. The molecule has 2 amide bonds. The van der Waals surface area contributed by atoms with E-state index >= 15 is 0 Å². The van der Waals surface area contributed by atoms with Crippen LogP contribution >= 0.6 is 0 Å². The summed E-state index contributed by atoms with van der Waals surface area (Å²) in [5.41, 5.74) is 2.86. The summed E-state index contributed by atoms with van der Waals surface area (Å²) in [4.78, 5) is 29.7. The lowest BCUT2D eigenvalue weighted by atomic mass is 10.2. The van der Waals surface area contributed by atoms with Crippen molar-refractivity contribution in [3.05, 3.63) is 65.5 Å². The number of pyridine rings is 1. The maximum Gasteiger partial charge on any atom is 0.407 e. The minimum absolute atomic E-state index is 0.0817. The van der Waals surface area contributed by atoms with Crippen LogP contribution in [0.25, 0.3) is 0 Å². The summed E-state index contributed by atoms with van der Waals surface area (Å²) in [6.07, 6.45) is 1.11. The number of nitrogens with zero attached hydrogens (tertiary/aromatic N) is 2. The van der Waals surface area contributed by atoms with E-state index in [1.54, 1.807) is 11.1 Å². The topological polar surface area (TPSA) is 71.5 Å². The number of carbonyl (C=O) groups excluding carboxylic acids is 2. The Balaban J connectivity index is 1.42. The highest BCUT2D eigenvalue weighted by atomic mass is 16.5. The van der Waals surface area contributed by atoms with Crippen LogP contribution in [0.3, 0.4) is 0 Å². The Morgan fingerprint density at radius 2 is 1.96 bits per heavy atom. The van der Waals surface area contributed by atoms with Gasteiger partial charge in [-0.1, -0.05) is 36.4 Å². The van der Waals surface area contributed by atoms with E-state index in [1.165, 1.54) is 0 Å². The second kappa shape index (κ2) is 6.91. The number of alkyl carbamates (subject to hydrolysis) is 1. The number of hydrogen-bond donors (Lipinski definition) is 1. The second-order valence-corrected chi connectivity index (χ2v) is 5.27. The molecule has 0 spiro atoms. The van der Waals surface area contributed by atoms with Crippen molar-refractivity contribution in [2.45, 2.75) is 19.7 Å². The number of benzene rings is 1. The van der Waals surface area contributed by atoms with Gasteiger partial charge in [-0.15, -0.1) is 0 Å². The van der Waals surface area contributed by atoms with Crippen LogP contribution in [0.4, 0.5) is 4.79 Å². The minimum atomic E-state index is -0.600. The Labute approximate surface area is 134 Å². The number of amides is 2. The average molecular weight is 311 g/mol. The molecule has 3 rings (SSSR count). The third kappa shape index (κ3) is 3.85. The smallest absolute Gasteiger partial charge is 0.407 e.